The van der Waals surface area contributed by atoms with Crippen LogP contribution in [0.2, 0.25) is 0 Å². The Labute approximate surface area is 183 Å². The SMILES string of the molecule is CN=C(NCCc1cc(F)cc2c1OCOC2)N1CCC(COCc2ccccc2)C1. The molecule has 2 aromatic carbocycles. The molecule has 31 heavy (non-hydrogen) atoms. The van der Waals surface area contributed by atoms with Crippen molar-refractivity contribution in [3.63, 3.8) is 0 Å². The number of aliphatic imine (C=N–C) groups is 1. The van der Waals surface area contributed by atoms with E-state index in [-0.39, 0.29) is 12.6 Å². The van der Waals surface area contributed by atoms with Crippen LogP contribution in [0, 0.1) is 11.7 Å². The van der Waals surface area contributed by atoms with Crippen molar-refractivity contribution in [2.45, 2.75) is 26.1 Å². The molecule has 0 spiro atoms. The summed E-state index contributed by atoms with van der Waals surface area (Å²) in [4.78, 5) is 6.70. The van der Waals surface area contributed by atoms with Crippen molar-refractivity contribution in [2.75, 3.05) is 40.1 Å². The highest BCUT2D eigenvalue weighted by atomic mass is 19.1. The number of rotatable bonds is 7. The molecule has 0 aliphatic carbocycles. The quantitative estimate of drug-likeness (QED) is 0.543. The van der Waals surface area contributed by atoms with E-state index < -0.39 is 0 Å². The predicted octanol–water partition coefficient (Wildman–Crippen LogP) is 3.35. The predicted molar refractivity (Wildman–Crippen MR) is 118 cm³/mol. The van der Waals surface area contributed by atoms with E-state index in [0.29, 0.717) is 32.1 Å². The third-order valence-corrected chi connectivity index (χ3v) is 5.69. The molecule has 6 nitrogen and oxygen atoms in total. The van der Waals surface area contributed by atoms with E-state index in [1.165, 1.54) is 11.6 Å². The molecule has 0 saturated carbocycles. The second-order valence-corrected chi connectivity index (χ2v) is 7.99. The Morgan fingerprint density at radius 3 is 3.00 bits per heavy atom. The molecule has 0 radical (unpaired) electrons. The lowest BCUT2D eigenvalue weighted by Crippen LogP contribution is -2.41. The Balaban J connectivity index is 1.23. The van der Waals surface area contributed by atoms with Crippen LogP contribution in [0.1, 0.15) is 23.1 Å². The summed E-state index contributed by atoms with van der Waals surface area (Å²) in [7, 11) is 1.80. The van der Waals surface area contributed by atoms with Crippen LogP contribution in [0.25, 0.3) is 0 Å². The maximum absolute atomic E-state index is 13.9. The lowest BCUT2D eigenvalue weighted by Gasteiger charge is -2.23. The second kappa shape index (κ2) is 10.6. The van der Waals surface area contributed by atoms with Crippen LogP contribution in [-0.2, 0) is 29.1 Å². The number of fused-ring (bicyclic) bond motifs is 1. The summed E-state index contributed by atoms with van der Waals surface area (Å²) in [6, 6.07) is 13.3. The zero-order chi connectivity index (χ0) is 21.5. The van der Waals surface area contributed by atoms with E-state index >= 15 is 0 Å². The number of nitrogens with zero attached hydrogens (tertiary/aromatic N) is 2. The Bertz CT molecular complexity index is 891. The molecule has 4 rings (SSSR count). The van der Waals surface area contributed by atoms with Crippen LogP contribution in [0.15, 0.2) is 47.5 Å². The van der Waals surface area contributed by atoms with Gasteiger partial charge in [-0.05, 0) is 36.1 Å². The van der Waals surface area contributed by atoms with Crippen molar-refractivity contribution in [3.05, 3.63) is 65.0 Å². The van der Waals surface area contributed by atoms with Gasteiger partial charge in [0, 0.05) is 38.2 Å². The molecule has 0 aromatic heterocycles. The standard InChI is InChI=1S/C24H30FN3O3/c1-26-24(27-9-7-20-11-22(25)12-21-16-30-17-31-23(20)21)28-10-8-19(13-28)15-29-14-18-5-3-2-4-6-18/h2-6,11-12,19H,7-10,13-17H2,1H3,(H,26,27). The molecular formula is C24H30FN3O3. The van der Waals surface area contributed by atoms with Gasteiger partial charge in [0.05, 0.1) is 19.8 Å². The fraction of sp³-hybridized carbons (Fsp3) is 0.458. The van der Waals surface area contributed by atoms with Gasteiger partial charge in [-0.25, -0.2) is 4.39 Å². The lowest BCUT2D eigenvalue weighted by atomic mass is 10.1. The Kier molecular flexibility index (Phi) is 7.38. The molecule has 2 aliphatic heterocycles. The first-order chi connectivity index (χ1) is 15.2. The monoisotopic (exact) mass is 427 g/mol. The Morgan fingerprint density at radius 1 is 1.29 bits per heavy atom. The van der Waals surface area contributed by atoms with Gasteiger partial charge in [0.25, 0.3) is 0 Å². The maximum atomic E-state index is 13.9. The largest absolute Gasteiger partial charge is 0.467 e. The maximum Gasteiger partial charge on any atom is 0.193 e. The van der Waals surface area contributed by atoms with E-state index in [1.54, 1.807) is 13.1 Å². The van der Waals surface area contributed by atoms with Crippen molar-refractivity contribution in [3.8, 4) is 5.75 Å². The smallest absolute Gasteiger partial charge is 0.193 e. The molecule has 1 atom stereocenters. The van der Waals surface area contributed by atoms with Gasteiger partial charge < -0.3 is 24.4 Å². The van der Waals surface area contributed by atoms with Gasteiger partial charge in [-0.3, -0.25) is 4.99 Å². The summed E-state index contributed by atoms with van der Waals surface area (Å²) in [6.07, 6.45) is 1.73. The van der Waals surface area contributed by atoms with E-state index in [1.807, 2.05) is 18.2 Å². The van der Waals surface area contributed by atoms with Crippen molar-refractivity contribution < 1.29 is 18.6 Å². The molecule has 1 N–H and O–H groups in total. The first-order valence-corrected chi connectivity index (χ1v) is 10.8. The van der Waals surface area contributed by atoms with Crippen LogP contribution in [0.3, 0.4) is 0 Å². The van der Waals surface area contributed by atoms with Crippen LogP contribution >= 0.6 is 0 Å². The molecule has 7 heteroatoms. The minimum absolute atomic E-state index is 0.211. The number of hydrogen-bond donors (Lipinski definition) is 1. The molecular weight excluding hydrogens is 397 g/mol. The summed E-state index contributed by atoms with van der Waals surface area (Å²) in [5.74, 6) is 1.86. The first kappa shape index (κ1) is 21.6. The minimum atomic E-state index is -0.259. The van der Waals surface area contributed by atoms with Gasteiger partial charge in [0.15, 0.2) is 12.8 Å². The molecule has 2 heterocycles. The number of benzene rings is 2. The fourth-order valence-electron chi connectivity index (χ4n) is 4.16. The van der Waals surface area contributed by atoms with Gasteiger partial charge in [-0.1, -0.05) is 30.3 Å². The zero-order valence-electron chi connectivity index (χ0n) is 18.0. The summed E-state index contributed by atoms with van der Waals surface area (Å²) in [5.41, 5.74) is 2.82. The molecule has 2 aliphatic rings. The van der Waals surface area contributed by atoms with Crippen LogP contribution < -0.4 is 10.1 Å². The van der Waals surface area contributed by atoms with Gasteiger partial charge in [-0.2, -0.15) is 0 Å². The van der Waals surface area contributed by atoms with Gasteiger partial charge in [-0.15, -0.1) is 0 Å². The molecule has 0 amide bonds. The number of guanidine groups is 1. The molecule has 0 bridgehead atoms. The number of hydrogen-bond acceptors (Lipinski definition) is 4. The summed E-state index contributed by atoms with van der Waals surface area (Å²) in [5, 5.41) is 3.41. The number of halogens is 1. The van der Waals surface area contributed by atoms with E-state index in [0.717, 1.165) is 49.0 Å². The number of nitrogens with one attached hydrogen (secondary N) is 1. The van der Waals surface area contributed by atoms with Crippen molar-refractivity contribution in [2.24, 2.45) is 10.9 Å². The third-order valence-electron chi connectivity index (χ3n) is 5.69. The fourth-order valence-corrected chi connectivity index (χ4v) is 4.16. The number of likely N-dealkylation sites (tertiary alicyclic amines) is 1. The number of ether oxygens (including phenoxy) is 3. The van der Waals surface area contributed by atoms with E-state index in [2.05, 4.69) is 27.3 Å². The molecule has 2 aromatic rings. The summed E-state index contributed by atoms with van der Waals surface area (Å²) < 4.78 is 30.7. The highest BCUT2D eigenvalue weighted by Crippen LogP contribution is 2.29. The van der Waals surface area contributed by atoms with Crippen molar-refractivity contribution in [1.29, 1.82) is 0 Å². The average Bonchev–Trinajstić information content (AvgIpc) is 3.26. The normalized spacial score (nSPS) is 18.6. The Hall–Kier alpha value is -2.64. The minimum Gasteiger partial charge on any atom is -0.467 e. The topological polar surface area (TPSA) is 55.3 Å². The van der Waals surface area contributed by atoms with E-state index in [9.17, 15) is 4.39 Å². The van der Waals surface area contributed by atoms with Crippen LogP contribution in [-0.4, -0.2) is 50.9 Å². The molecule has 1 unspecified atom stereocenters. The zero-order valence-corrected chi connectivity index (χ0v) is 18.0. The molecule has 1 fully saturated rings. The highest BCUT2D eigenvalue weighted by molar-refractivity contribution is 5.80. The van der Waals surface area contributed by atoms with Crippen LogP contribution in [0.4, 0.5) is 4.39 Å². The molecule has 1 saturated heterocycles. The summed E-state index contributed by atoms with van der Waals surface area (Å²) >= 11 is 0. The van der Waals surface area contributed by atoms with E-state index in [4.69, 9.17) is 14.2 Å². The average molecular weight is 428 g/mol. The first-order valence-electron chi connectivity index (χ1n) is 10.8. The molecule has 166 valence electrons. The van der Waals surface area contributed by atoms with Gasteiger partial charge >= 0.3 is 0 Å². The van der Waals surface area contributed by atoms with Crippen molar-refractivity contribution >= 4 is 5.96 Å². The lowest BCUT2D eigenvalue weighted by molar-refractivity contribution is -0.0172. The van der Waals surface area contributed by atoms with Gasteiger partial charge in [0.1, 0.15) is 11.6 Å². The van der Waals surface area contributed by atoms with Gasteiger partial charge in [0.2, 0.25) is 0 Å². The highest BCUT2D eigenvalue weighted by Gasteiger charge is 2.25. The third kappa shape index (κ3) is 5.74. The van der Waals surface area contributed by atoms with Crippen LogP contribution in [0.5, 0.6) is 5.75 Å². The second-order valence-electron chi connectivity index (χ2n) is 7.99. The van der Waals surface area contributed by atoms with Crippen molar-refractivity contribution in [1.82, 2.24) is 10.2 Å². The summed E-state index contributed by atoms with van der Waals surface area (Å²) in [6.45, 7) is 4.52. The Morgan fingerprint density at radius 2 is 2.16 bits per heavy atom.